The van der Waals surface area contributed by atoms with Gasteiger partial charge in [0.1, 0.15) is 0 Å². The number of rotatable bonds is 6. The fourth-order valence-electron chi connectivity index (χ4n) is 2.21. The highest BCUT2D eigenvalue weighted by atomic mass is 79.9. The van der Waals surface area contributed by atoms with E-state index in [9.17, 15) is 0 Å². The Hall–Kier alpha value is 0.280. The summed E-state index contributed by atoms with van der Waals surface area (Å²) in [6.45, 7) is 4.44. The van der Waals surface area contributed by atoms with Crippen LogP contribution in [0.2, 0.25) is 0 Å². The monoisotopic (exact) mass is 336 g/mol. The van der Waals surface area contributed by atoms with Crippen molar-refractivity contribution < 1.29 is 0 Å². The molecule has 0 saturated heterocycles. The van der Waals surface area contributed by atoms with E-state index in [1.807, 2.05) is 0 Å². The van der Waals surface area contributed by atoms with E-state index in [2.05, 4.69) is 54.0 Å². The normalized spacial score (nSPS) is 12.1. The first kappa shape index (κ1) is 15.3. The van der Waals surface area contributed by atoms with Gasteiger partial charge in [0.25, 0.3) is 0 Å². The minimum atomic E-state index is 0.0190. The molecule has 0 bridgehead atoms. The summed E-state index contributed by atoms with van der Waals surface area (Å²) in [6, 6.07) is 8.41. The molecule has 1 aromatic rings. The van der Waals surface area contributed by atoms with Gasteiger partial charge in [0.2, 0.25) is 0 Å². The molecule has 0 spiro atoms. The van der Waals surface area contributed by atoms with E-state index >= 15 is 0 Å². The summed E-state index contributed by atoms with van der Waals surface area (Å²) >= 11 is 15.8. The van der Waals surface area contributed by atoms with Crippen molar-refractivity contribution in [3.05, 3.63) is 34.3 Å². The van der Waals surface area contributed by atoms with Crippen LogP contribution in [0, 0.1) is 11.3 Å². The Morgan fingerprint density at radius 2 is 1.65 bits per heavy atom. The minimum absolute atomic E-state index is 0.0190. The summed E-state index contributed by atoms with van der Waals surface area (Å²) < 4.78 is 1.10. The lowest BCUT2D eigenvalue weighted by molar-refractivity contribution is 0.295. The van der Waals surface area contributed by atoms with Crippen molar-refractivity contribution in [1.29, 1.82) is 0 Å². The molecule has 0 fully saturated rings. The van der Waals surface area contributed by atoms with Gasteiger partial charge in [0.05, 0.1) is 0 Å². The highest BCUT2D eigenvalue weighted by molar-refractivity contribution is 9.10. The smallest absolute Gasteiger partial charge is 0.0294 e. The first-order valence-corrected chi connectivity index (χ1v) is 7.74. The van der Waals surface area contributed by atoms with Gasteiger partial charge in [-0.15, -0.1) is 23.2 Å². The van der Waals surface area contributed by atoms with Crippen LogP contribution in [0.1, 0.15) is 25.8 Å². The quantitative estimate of drug-likeness (QED) is 0.601. The van der Waals surface area contributed by atoms with E-state index in [1.165, 1.54) is 5.56 Å². The Labute approximate surface area is 123 Å². The van der Waals surface area contributed by atoms with Gasteiger partial charge < -0.3 is 0 Å². The van der Waals surface area contributed by atoms with E-state index in [-0.39, 0.29) is 5.41 Å². The zero-order valence-corrected chi connectivity index (χ0v) is 13.4. The van der Waals surface area contributed by atoms with Gasteiger partial charge in [-0.1, -0.05) is 41.9 Å². The second-order valence-corrected chi connectivity index (χ2v) is 6.62. The van der Waals surface area contributed by atoms with Crippen LogP contribution < -0.4 is 0 Å². The van der Waals surface area contributed by atoms with Gasteiger partial charge in [-0.05, 0) is 36.5 Å². The number of hydrogen-bond donors (Lipinski definition) is 0. The van der Waals surface area contributed by atoms with Gasteiger partial charge in [-0.25, -0.2) is 0 Å². The summed E-state index contributed by atoms with van der Waals surface area (Å²) in [4.78, 5) is 0. The summed E-state index contributed by atoms with van der Waals surface area (Å²) in [5.41, 5.74) is 1.32. The van der Waals surface area contributed by atoms with Gasteiger partial charge >= 0.3 is 0 Å². The molecule has 1 aromatic carbocycles. The average Bonchev–Trinajstić information content (AvgIpc) is 2.30. The van der Waals surface area contributed by atoms with Crippen LogP contribution in [0.3, 0.4) is 0 Å². The molecule has 0 heterocycles. The first-order chi connectivity index (χ1) is 8.01. The predicted octanol–water partition coefficient (Wildman–Crippen LogP) is 5.50. The van der Waals surface area contributed by atoms with E-state index in [1.54, 1.807) is 0 Å². The van der Waals surface area contributed by atoms with Crippen LogP contribution in [0.15, 0.2) is 28.7 Å². The molecule has 17 heavy (non-hydrogen) atoms. The number of halogens is 3. The predicted molar refractivity (Wildman–Crippen MR) is 81.2 cm³/mol. The van der Waals surface area contributed by atoms with Crippen LogP contribution in [0.25, 0.3) is 0 Å². The topological polar surface area (TPSA) is 0 Å². The lowest BCUT2D eigenvalue weighted by atomic mass is 9.78. The molecular weight excluding hydrogens is 319 g/mol. The van der Waals surface area contributed by atoms with E-state index in [0.29, 0.717) is 17.7 Å². The lowest BCUT2D eigenvalue weighted by Gasteiger charge is -2.31. The number of hydrogen-bond acceptors (Lipinski definition) is 0. The maximum atomic E-state index is 6.16. The molecule has 0 radical (unpaired) electrons. The van der Waals surface area contributed by atoms with Crippen molar-refractivity contribution in [2.45, 2.75) is 26.7 Å². The van der Waals surface area contributed by atoms with Crippen molar-refractivity contribution in [3.8, 4) is 0 Å². The largest absolute Gasteiger partial charge is 0.126 e. The summed E-state index contributed by atoms with van der Waals surface area (Å²) in [5.74, 6) is 1.85. The SMILES string of the molecule is CC(C)CC(CCl)(CCl)Cc1ccc(Br)cc1. The molecule has 0 atom stereocenters. The Kier molecular flexibility index (Phi) is 6.33. The Balaban J connectivity index is 2.82. The number of alkyl halides is 2. The van der Waals surface area contributed by atoms with Crippen molar-refractivity contribution >= 4 is 39.1 Å². The second kappa shape index (κ2) is 7.01. The van der Waals surface area contributed by atoms with Crippen molar-refractivity contribution in [3.63, 3.8) is 0 Å². The maximum absolute atomic E-state index is 6.16. The molecule has 3 heteroatoms. The maximum Gasteiger partial charge on any atom is 0.0294 e. The second-order valence-electron chi connectivity index (χ2n) is 5.17. The minimum Gasteiger partial charge on any atom is -0.126 e. The van der Waals surface area contributed by atoms with Crippen LogP contribution >= 0.6 is 39.1 Å². The van der Waals surface area contributed by atoms with Crippen LogP contribution in [0.4, 0.5) is 0 Å². The fraction of sp³-hybridized carbons (Fsp3) is 0.571. The van der Waals surface area contributed by atoms with E-state index in [0.717, 1.165) is 17.3 Å². The fourth-order valence-corrected chi connectivity index (χ4v) is 3.17. The molecule has 0 nitrogen and oxygen atoms in total. The van der Waals surface area contributed by atoms with Gasteiger partial charge in [-0.3, -0.25) is 0 Å². The van der Waals surface area contributed by atoms with Crippen molar-refractivity contribution in [2.75, 3.05) is 11.8 Å². The summed E-state index contributed by atoms with van der Waals surface area (Å²) in [6.07, 6.45) is 2.02. The molecule has 0 N–H and O–H groups in total. The van der Waals surface area contributed by atoms with Gasteiger partial charge in [0.15, 0.2) is 0 Å². The Morgan fingerprint density at radius 1 is 1.12 bits per heavy atom. The van der Waals surface area contributed by atoms with Gasteiger partial charge in [0, 0.05) is 21.6 Å². The molecule has 96 valence electrons. The third kappa shape index (κ3) is 4.81. The van der Waals surface area contributed by atoms with Crippen molar-refractivity contribution in [1.82, 2.24) is 0 Å². The molecule has 0 aliphatic heterocycles. The summed E-state index contributed by atoms with van der Waals surface area (Å²) in [5, 5.41) is 0. The molecule has 0 aromatic heterocycles. The first-order valence-electron chi connectivity index (χ1n) is 5.88. The highest BCUT2D eigenvalue weighted by Gasteiger charge is 2.29. The molecule has 1 rings (SSSR count). The third-order valence-electron chi connectivity index (χ3n) is 2.90. The van der Waals surface area contributed by atoms with Crippen LogP contribution in [0.5, 0.6) is 0 Å². The van der Waals surface area contributed by atoms with E-state index in [4.69, 9.17) is 23.2 Å². The molecule has 0 unspecified atom stereocenters. The van der Waals surface area contributed by atoms with Crippen LogP contribution in [-0.4, -0.2) is 11.8 Å². The molecule has 0 amide bonds. The molecule has 0 saturated carbocycles. The Bertz CT molecular complexity index is 329. The Morgan fingerprint density at radius 3 is 2.06 bits per heavy atom. The molecular formula is C14H19BrCl2. The highest BCUT2D eigenvalue weighted by Crippen LogP contribution is 2.34. The van der Waals surface area contributed by atoms with Crippen LogP contribution in [-0.2, 0) is 6.42 Å². The van der Waals surface area contributed by atoms with Crippen molar-refractivity contribution in [2.24, 2.45) is 11.3 Å². The molecule has 0 aliphatic rings. The number of benzene rings is 1. The lowest BCUT2D eigenvalue weighted by Crippen LogP contribution is -2.30. The standard InChI is InChI=1S/C14H19BrCl2/c1-11(2)7-14(9-16,10-17)8-12-3-5-13(15)6-4-12/h3-6,11H,7-10H2,1-2H3. The zero-order valence-electron chi connectivity index (χ0n) is 10.3. The van der Waals surface area contributed by atoms with Gasteiger partial charge in [-0.2, -0.15) is 0 Å². The average molecular weight is 338 g/mol. The summed E-state index contributed by atoms with van der Waals surface area (Å²) in [7, 11) is 0. The zero-order chi connectivity index (χ0) is 12.9. The third-order valence-corrected chi connectivity index (χ3v) is 4.56. The molecule has 0 aliphatic carbocycles. The van der Waals surface area contributed by atoms with E-state index < -0.39 is 0 Å².